The van der Waals surface area contributed by atoms with Crippen LogP contribution in [-0.2, 0) is 6.61 Å². The van der Waals surface area contributed by atoms with Crippen molar-refractivity contribution in [3.05, 3.63) is 58.1 Å². The minimum absolute atomic E-state index is 0.0317. The highest BCUT2D eigenvalue weighted by molar-refractivity contribution is 5.66. The summed E-state index contributed by atoms with van der Waals surface area (Å²) in [6, 6.07) is 12.1. The molecule has 0 amide bonds. The van der Waals surface area contributed by atoms with Crippen LogP contribution in [0.5, 0.6) is 11.5 Å². The molecule has 0 atom stereocenters. The third-order valence-corrected chi connectivity index (χ3v) is 3.01. The highest BCUT2D eigenvalue weighted by Gasteiger charge is 2.16. The van der Waals surface area contributed by atoms with Gasteiger partial charge in [-0.15, -0.1) is 0 Å². The fourth-order valence-electron chi connectivity index (χ4n) is 2.00. The van der Waals surface area contributed by atoms with Gasteiger partial charge in [-0.2, -0.15) is 0 Å². The molecule has 0 bridgehead atoms. The van der Waals surface area contributed by atoms with E-state index in [9.17, 15) is 10.1 Å². The van der Waals surface area contributed by atoms with Gasteiger partial charge < -0.3 is 14.8 Å². The van der Waals surface area contributed by atoms with E-state index < -0.39 is 4.92 Å². The Hall–Kier alpha value is -2.76. The molecule has 0 aromatic heterocycles. The third-order valence-electron chi connectivity index (χ3n) is 3.01. The molecular formula is C15H16N2O4. The molecule has 0 unspecified atom stereocenters. The number of nitro benzene ring substituents is 1. The second-order valence-electron chi connectivity index (χ2n) is 4.29. The Morgan fingerprint density at radius 2 is 1.90 bits per heavy atom. The lowest BCUT2D eigenvalue weighted by Crippen LogP contribution is -2.04. The third kappa shape index (κ3) is 3.42. The highest BCUT2D eigenvalue weighted by Crippen LogP contribution is 2.29. The van der Waals surface area contributed by atoms with Crippen LogP contribution in [-0.4, -0.2) is 19.1 Å². The van der Waals surface area contributed by atoms with E-state index >= 15 is 0 Å². The van der Waals surface area contributed by atoms with E-state index in [-0.39, 0.29) is 12.3 Å². The van der Waals surface area contributed by atoms with Gasteiger partial charge in [-0.3, -0.25) is 10.1 Å². The summed E-state index contributed by atoms with van der Waals surface area (Å²) in [4.78, 5) is 10.6. The van der Waals surface area contributed by atoms with E-state index in [1.165, 1.54) is 6.07 Å². The summed E-state index contributed by atoms with van der Waals surface area (Å²) in [7, 11) is 3.23. The number of hydrogen-bond donors (Lipinski definition) is 1. The van der Waals surface area contributed by atoms with Crippen molar-refractivity contribution < 1.29 is 14.4 Å². The summed E-state index contributed by atoms with van der Waals surface area (Å²) < 4.78 is 10.8. The van der Waals surface area contributed by atoms with Gasteiger partial charge in [0.15, 0.2) is 0 Å². The molecular weight excluding hydrogens is 272 g/mol. The molecule has 2 rings (SSSR count). The van der Waals surface area contributed by atoms with Crippen LogP contribution in [0.3, 0.4) is 0 Å². The number of ether oxygens (including phenoxy) is 2. The lowest BCUT2D eigenvalue weighted by Gasteiger charge is -2.11. The number of anilines is 1. The summed E-state index contributed by atoms with van der Waals surface area (Å²) in [5.41, 5.74) is 1.21. The Balaban J connectivity index is 2.19. The van der Waals surface area contributed by atoms with Crippen LogP contribution < -0.4 is 14.8 Å². The van der Waals surface area contributed by atoms with Crippen molar-refractivity contribution in [2.45, 2.75) is 6.61 Å². The van der Waals surface area contributed by atoms with Gasteiger partial charge in [0.25, 0.3) is 5.69 Å². The first-order chi connectivity index (χ1) is 10.2. The molecule has 0 aliphatic rings. The van der Waals surface area contributed by atoms with E-state index in [0.717, 1.165) is 5.56 Å². The average Bonchev–Trinajstić information content (AvgIpc) is 2.52. The smallest absolute Gasteiger partial charge is 0.292 e. The average molecular weight is 288 g/mol. The fraction of sp³-hybridized carbons (Fsp3) is 0.200. The van der Waals surface area contributed by atoms with Crippen LogP contribution in [0.2, 0.25) is 0 Å². The van der Waals surface area contributed by atoms with Gasteiger partial charge in [-0.05, 0) is 12.1 Å². The van der Waals surface area contributed by atoms with Crippen molar-refractivity contribution in [3.63, 3.8) is 0 Å². The number of nitrogens with one attached hydrogen (secondary N) is 1. The normalized spacial score (nSPS) is 10.0. The lowest BCUT2D eigenvalue weighted by atomic mass is 10.1. The maximum atomic E-state index is 11.0. The molecule has 0 aliphatic carbocycles. The van der Waals surface area contributed by atoms with Gasteiger partial charge >= 0.3 is 0 Å². The molecule has 0 fully saturated rings. The Bertz CT molecular complexity index is 643. The quantitative estimate of drug-likeness (QED) is 0.652. The second kappa shape index (κ2) is 6.60. The van der Waals surface area contributed by atoms with E-state index in [0.29, 0.717) is 17.2 Å². The molecule has 0 saturated carbocycles. The van der Waals surface area contributed by atoms with Gasteiger partial charge in [0.2, 0.25) is 0 Å². The van der Waals surface area contributed by atoms with Crippen molar-refractivity contribution in [1.29, 1.82) is 0 Å². The lowest BCUT2D eigenvalue weighted by molar-refractivity contribution is -0.384. The predicted octanol–water partition coefficient (Wildman–Crippen LogP) is 3.22. The fourth-order valence-corrected chi connectivity index (χ4v) is 2.00. The van der Waals surface area contributed by atoms with Gasteiger partial charge in [-0.1, -0.05) is 18.2 Å². The summed E-state index contributed by atoms with van der Waals surface area (Å²) in [5, 5.41) is 13.9. The topological polar surface area (TPSA) is 73.6 Å². The second-order valence-corrected chi connectivity index (χ2v) is 4.29. The number of benzene rings is 2. The zero-order chi connectivity index (χ0) is 15.2. The molecule has 0 heterocycles. The zero-order valence-corrected chi connectivity index (χ0v) is 11.8. The van der Waals surface area contributed by atoms with Gasteiger partial charge in [-0.25, -0.2) is 0 Å². The highest BCUT2D eigenvalue weighted by atomic mass is 16.6. The number of rotatable bonds is 6. The summed E-state index contributed by atoms with van der Waals surface area (Å²) >= 11 is 0. The molecule has 0 spiro atoms. The van der Waals surface area contributed by atoms with E-state index in [2.05, 4.69) is 5.32 Å². The standard InChI is InChI=1S/C15H16N2O4/c1-16-15-11(5-3-8-14(15)17(18)19)10-21-13-7-4-6-12(9-13)20-2/h3-9,16H,10H2,1-2H3. The minimum atomic E-state index is -0.416. The number of hydrogen-bond acceptors (Lipinski definition) is 5. The largest absolute Gasteiger partial charge is 0.497 e. The SMILES string of the molecule is CNc1c(COc2cccc(OC)c2)cccc1[N+](=O)[O-]. The Morgan fingerprint density at radius 1 is 1.19 bits per heavy atom. The van der Waals surface area contributed by atoms with Crippen LogP contribution in [0.4, 0.5) is 11.4 Å². The molecule has 2 aromatic carbocycles. The first-order valence-corrected chi connectivity index (χ1v) is 6.36. The van der Waals surface area contributed by atoms with Crippen LogP contribution in [0, 0.1) is 10.1 Å². The Labute approximate surface area is 122 Å². The summed E-state index contributed by atoms with van der Waals surface area (Å²) in [6.45, 7) is 0.227. The van der Waals surface area contributed by atoms with E-state index in [1.807, 2.05) is 12.1 Å². The molecule has 21 heavy (non-hydrogen) atoms. The van der Waals surface area contributed by atoms with Crippen LogP contribution >= 0.6 is 0 Å². The number of methoxy groups -OCH3 is 1. The number of nitro groups is 1. The van der Waals surface area contributed by atoms with Gasteiger partial charge in [0.1, 0.15) is 23.8 Å². The zero-order valence-electron chi connectivity index (χ0n) is 11.8. The number of para-hydroxylation sites is 1. The Morgan fingerprint density at radius 3 is 2.57 bits per heavy atom. The molecule has 110 valence electrons. The Kier molecular flexibility index (Phi) is 4.61. The van der Waals surface area contributed by atoms with Crippen molar-refractivity contribution in [1.82, 2.24) is 0 Å². The minimum Gasteiger partial charge on any atom is -0.497 e. The first-order valence-electron chi connectivity index (χ1n) is 6.36. The van der Waals surface area contributed by atoms with Crippen LogP contribution in [0.15, 0.2) is 42.5 Å². The number of nitrogens with zero attached hydrogens (tertiary/aromatic N) is 1. The molecule has 6 nitrogen and oxygen atoms in total. The van der Waals surface area contributed by atoms with Crippen molar-refractivity contribution in [2.75, 3.05) is 19.5 Å². The van der Waals surface area contributed by atoms with Crippen molar-refractivity contribution >= 4 is 11.4 Å². The van der Waals surface area contributed by atoms with Gasteiger partial charge in [0.05, 0.1) is 12.0 Å². The maximum Gasteiger partial charge on any atom is 0.292 e. The summed E-state index contributed by atoms with van der Waals surface area (Å²) in [5.74, 6) is 1.34. The van der Waals surface area contributed by atoms with Crippen LogP contribution in [0.25, 0.3) is 0 Å². The maximum absolute atomic E-state index is 11.0. The molecule has 6 heteroatoms. The first kappa shape index (κ1) is 14.6. The molecule has 0 aliphatic heterocycles. The monoisotopic (exact) mass is 288 g/mol. The molecule has 1 N–H and O–H groups in total. The molecule has 0 saturated heterocycles. The molecule has 0 radical (unpaired) electrons. The van der Waals surface area contributed by atoms with E-state index in [4.69, 9.17) is 9.47 Å². The van der Waals surface area contributed by atoms with Crippen LogP contribution in [0.1, 0.15) is 5.56 Å². The van der Waals surface area contributed by atoms with Gasteiger partial charge in [0, 0.05) is 24.7 Å². The predicted molar refractivity (Wildman–Crippen MR) is 80.0 cm³/mol. The summed E-state index contributed by atoms with van der Waals surface area (Å²) in [6.07, 6.45) is 0. The van der Waals surface area contributed by atoms with Crippen molar-refractivity contribution in [3.8, 4) is 11.5 Å². The molecule has 2 aromatic rings. The van der Waals surface area contributed by atoms with Crippen molar-refractivity contribution in [2.24, 2.45) is 0 Å². The van der Waals surface area contributed by atoms with E-state index in [1.54, 1.807) is 38.4 Å².